The number of hydrogen-bond donors (Lipinski definition) is 0. The fourth-order valence-electron chi connectivity index (χ4n) is 2.54. The van der Waals surface area contributed by atoms with Crippen LogP contribution < -0.4 is 11.2 Å². The van der Waals surface area contributed by atoms with Gasteiger partial charge in [0.1, 0.15) is 5.58 Å². The van der Waals surface area contributed by atoms with Gasteiger partial charge >= 0.3 is 5.63 Å². The maximum atomic E-state index is 12.4. The quantitative estimate of drug-likeness (QED) is 0.820. The van der Waals surface area contributed by atoms with Crippen molar-refractivity contribution in [3.05, 3.63) is 44.7 Å². The van der Waals surface area contributed by atoms with Crippen molar-refractivity contribution in [3.8, 4) is 0 Å². The molecule has 3 heterocycles. The topological polar surface area (TPSA) is 61.4 Å². The molecule has 1 unspecified atom stereocenters. The Hall–Kier alpha value is -1.88. The van der Waals surface area contributed by atoms with Crippen LogP contribution in [0.15, 0.2) is 32.3 Å². The Morgan fingerprint density at radius 1 is 1.42 bits per heavy atom. The van der Waals surface area contributed by atoms with Gasteiger partial charge in [0.2, 0.25) is 0 Å². The molecule has 0 saturated carbocycles. The summed E-state index contributed by atoms with van der Waals surface area (Å²) in [5.74, 6) is 0. The Balaban J connectivity index is 2.10. The van der Waals surface area contributed by atoms with Gasteiger partial charge in [-0.15, -0.1) is 0 Å². The smallest absolute Gasteiger partial charge is 0.336 e. The second kappa shape index (κ2) is 4.66. The van der Waals surface area contributed by atoms with Crippen LogP contribution in [0.1, 0.15) is 18.4 Å². The van der Waals surface area contributed by atoms with Crippen molar-refractivity contribution in [2.45, 2.75) is 32.4 Å². The van der Waals surface area contributed by atoms with E-state index in [9.17, 15) is 9.59 Å². The number of aryl methyl sites for hydroxylation is 1. The zero-order valence-corrected chi connectivity index (χ0v) is 10.7. The molecule has 0 N–H and O–H groups in total. The van der Waals surface area contributed by atoms with Gasteiger partial charge in [-0.3, -0.25) is 4.79 Å². The lowest BCUT2D eigenvalue weighted by atomic mass is 10.2. The van der Waals surface area contributed by atoms with Gasteiger partial charge in [0.05, 0.1) is 18.0 Å². The molecule has 0 radical (unpaired) electrons. The zero-order valence-electron chi connectivity index (χ0n) is 10.7. The molecular formula is C14H15NO4. The van der Waals surface area contributed by atoms with Crippen LogP contribution in [0.3, 0.4) is 0 Å². The van der Waals surface area contributed by atoms with Crippen LogP contribution in [0, 0.1) is 6.92 Å². The van der Waals surface area contributed by atoms with Crippen LogP contribution >= 0.6 is 0 Å². The molecule has 0 bridgehead atoms. The van der Waals surface area contributed by atoms with Crippen molar-refractivity contribution >= 4 is 11.0 Å². The van der Waals surface area contributed by atoms with E-state index in [0.717, 1.165) is 19.4 Å². The highest BCUT2D eigenvalue weighted by Gasteiger charge is 2.17. The van der Waals surface area contributed by atoms with Crippen LogP contribution in [-0.2, 0) is 11.3 Å². The minimum absolute atomic E-state index is 0.103. The molecule has 1 atom stereocenters. The molecule has 0 spiro atoms. The van der Waals surface area contributed by atoms with E-state index in [1.165, 1.54) is 6.07 Å². The summed E-state index contributed by atoms with van der Waals surface area (Å²) in [4.78, 5) is 23.7. The number of rotatable bonds is 2. The van der Waals surface area contributed by atoms with E-state index in [2.05, 4.69) is 0 Å². The Bertz CT molecular complexity index is 722. The Morgan fingerprint density at radius 3 is 3.00 bits per heavy atom. The van der Waals surface area contributed by atoms with E-state index >= 15 is 0 Å². The summed E-state index contributed by atoms with van der Waals surface area (Å²) in [5, 5.41) is 0.472. The summed E-state index contributed by atoms with van der Waals surface area (Å²) in [6.45, 7) is 3.06. The molecule has 19 heavy (non-hydrogen) atoms. The van der Waals surface area contributed by atoms with Crippen LogP contribution in [0.4, 0.5) is 0 Å². The predicted octanol–water partition coefficient (Wildman–Crippen LogP) is 1.44. The molecule has 0 aromatic carbocycles. The van der Waals surface area contributed by atoms with Crippen molar-refractivity contribution in [2.24, 2.45) is 0 Å². The number of hydrogen-bond acceptors (Lipinski definition) is 4. The summed E-state index contributed by atoms with van der Waals surface area (Å²) in [6, 6.07) is 3.01. The van der Waals surface area contributed by atoms with E-state index < -0.39 is 5.63 Å². The molecule has 100 valence electrons. The Kier molecular flexibility index (Phi) is 2.98. The first-order valence-electron chi connectivity index (χ1n) is 6.40. The average molecular weight is 261 g/mol. The molecule has 1 aliphatic heterocycles. The lowest BCUT2D eigenvalue weighted by Crippen LogP contribution is -2.26. The summed E-state index contributed by atoms with van der Waals surface area (Å²) >= 11 is 0. The SMILES string of the molecule is Cc1cc(=O)oc2ccn(CC3CCCO3)c(=O)c12. The molecule has 1 aliphatic rings. The van der Waals surface area contributed by atoms with Crippen molar-refractivity contribution in [3.63, 3.8) is 0 Å². The third kappa shape index (κ3) is 2.21. The van der Waals surface area contributed by atoms with E-state index in [-0.39, 0.29) is 11.7 Å². The van der Waals surface area contributed by atoms with Crippen molar-refractivity contribution in [2.75, 3.05) is 6.61 Å². The van der Waals surface area contributed by atoms with E-state index in [1.807, 2.05) is 0 Å². The minimum atomic E-state index is -0.429. The van der Waals surface area contributed by atoms with Gasteiger partial charge in [0.25, 0.3) is 5.56 Å². The Morgan fingerprint density at radius 2 is 2.26 bits per heavy atom. The monoisotopic (exact) mass is 261 g/mol. The highest BCUT2D eigenvalue weighted by molar-refractivity contribution is 5.78. The third-order valence-corrected chi connectivity index (χ3v) is 3.49. The number of nitrogens with zero attached hydrogens (tertiary/aromatic N) is 1. The molecule has 2 aromatic heterocycles. The number of ether oxygens (including phenoxy) is 1. The van der Waals surface area contributed by atoms with Gasteiger partial charge in [-0.1, -0.05) is 0 Å². The molecular weight excluding hydrogens is 246 g/mol. The van der Waals surface area contributed by atoms with Crippen molar-refractivity contribution in [1.82, 2.24) is 4.57 Å². The largest absolute Gasteiger partial charge is 0.422 e. The maximum Gasteiger partial charge on any atom is 0.336 e. The predicted molar refractivity (Wildman–Crippen MR) is 70.5 cm³/mol. The standard InChI is InChI=1S/C14H15NO4/c1-9-7-12(16)19-11-4-5-15(14(17)13(9)11)8-10-3-2-6-18-10/h4-5,7,10H,2-3,6,8H2,1H3. The van der Waals surface area contributed by atoms with Crippen molar-refractivity contribution in [1.29, 1.82) is 0 Å². The maximum absolute atomic E-state index is 12.4. The molecule has 3 rings (SSSR count). The van der Waals surface area contributed by atoms with E-state index in [1.54, 1.807) is 23.8 Å². The van der Waals surface area contributed by atoms with E-state index in [4.69, 9.17) is 9.15 Å². The minimum Gasteiger partial charge on any atom is -0.422 e. The molecule has 1 fully saturated rings. The van der Waals surface area contributed by atoms with Gasteiger partial charge in [0.15, 0.2) is 0 Å². The second-order valence-corrected chi connectivity index (χ2v) is 4.90. The van der Waals surface area contributed by atoms with Crippen LogP contribution in [-0.4, -0.2) is 17.3 Å². The first-order valence-corrected chi connectivity index (χ1v) is 6.40. The zero-order chi connectivity index (χ0) is 13.4. The van der Waals surface area contributed by atoms with Gasteiger partial charge in [-0.05, 0) is 31.4 Å². The summed E-state index contributed by atoms with van der Waals surface area (Å²) < 4.78 is 12.2. The van der Waals surface area contributed by atoms with Crippen LogP contribution in [0.2, 0.25) is 0 Å². The third-order valence-electron chi connectivity index (χ3n) is 3.49. The Labute approximate surface area is 109 Å². The fraction of sp³-hybridized carbons (Fsp3) is 0.429. The first kappa shape index (κ1) is 12.2. The van der Waals surface area contributed by atoms with Crippen LogP contribution in [0.25, 0.3) is 11.0 Å². The highest BCUT2D eigenvalue weighted by atomic mass is 16.5. The van der Waals surface area contributed by atoms with Crippen molar-refractivity contribution < 1.29 is 9.15 Å². The van der Waals surface area contributed by atoms with E-state index in [0.29, 0.717) is 23.1 Å². The fourth-order valence-corrected chi connectivity index (χ4v) is 2.54. The molecule has 2 aromatic rings. The molecule has 0 aliphatic carbocycles. The van der Waals surface area contributed by atoms with Gasteiger partial charge in [0, 0.05) is 18.9 Å². The first-order chi connectivity index (χ1) is 9.15. The van der Waals surface area contributed by atoms with Gasteiger partial charge in [-0.25, -0.2) is 4.79 Å². The van der Waals surface area contributed by atoms with Crippen LogP contribution in [0.5, 0.6) is 0 Å². The molecule has 5 heteroatoms. The number of fused-ring (bicyclic) bond motifs is 1. The summed E-state index contributed by atoms with van der Waals surface area (Å²) in [5.41, 5.74) is 0.437. The molecule has 0 amide bonds. The number of pyridine rings is 1. The molecule has 1 saturated heterocycles. The number of aromatic nitrogens is 1. The summed E-state index contributed by atoms with van der Waals surface area (Å²) in [6.07, 6.45) is 3.79. The lowest BCUT2D eigenvalue weighted by molar-refractivity contribution is 0.0963. The average Bonchev–Trinajstić information content (AvgIpc) is 2.85. The normalized spacial score (nSPS) is 19.1. The summed E-state index contributed by atoms with van der Waals surface area (Å²) in [7, 11) is 0. The van der Waals surface area contributed by atoms with Gasteiger partial charge in [-0.2, -0.15) is 0 Å². The highest BCUT2D eigenvalue weighted by Crippen LogP contribution is 2.15. The molecule has 5 nitrogen and oxygen atoms in total. The van der Waals surface area contributed by atoms with Gasteiger partial charge < -0.3 is 13.7 Å². The second-order valence-electron chi connectivity index (χ2n) is 4.90. The lowest BCUT2D eigenvalue weighted by Gasteiger charge is -2.12.